The van der Waals surface area contributed by atoms with E-state index in [2.05, 4.69) is 29.9 Å². The highest BCUT2D eigenvalue weighted by Gasteiger charge is 2.54. The number of aliphatic hydroxyl groups excluding tert-OH is 2. The SMILES string of the molecule is Nc1ncnc2c1ncn2[C@@H]1O[C@@H]2COP(=O)(O)O[C@H]3[C@H](O)[C@H](n4cnc5c(N)ncnc54)O[C@@H]3COP(=O)(O)O[C@H]2[C@@H]1O. The fourth-order valence-electron chi connectivity index (χ4n) is 5.24. The van der Waals surface area contributed by atoms with E-state index in [0.29, 0.717) is 0 Å². The lowest BCUT2D eigenvalue weighted by Gasteiger charge is -2.27. The summed E-state index contributed by atoms with van der Waals surface area (Å²) < 4.78 is 61.2. The number of fused-ring (bicyclic) bond motifs is 4. The lowest BCUT2D eigenvalue weighted by Crippen LogP contribution is -2.39. The van der Waals surface area contributed by atoms with Crippen molar-refractivity contribution >= 4 is 49.6 Å². The molecule has 3 fully saturated rings. The maximum atomic E-state index is 13.1. The van der Waals surface area contributed by atoms with Gasteiger partial charge in [-0.25, -0.2) is 39.0 Å². The molecule has 3 aliphatic rings. The molecule has 3 saturated heterocycles. The third-order valence-electron chi connectivity index (χ3n) is 7.26. The topological polar surface area (TPSA) is 310 Å². The van der Waals surface area contributed by atoms with Gasteiger partial charge in [0, 0.05) is 0 Å². The minimum absolute atomic E-state index is 0.0507. The fraction of sp³-hybridized carbons (Fsp3) is 0.500. The Kier molecular flexibility index (Phi) is 7.16. The van der Waals surface area contributed by atoms with E-state index in [1.54, 1.807) is 0 Å². The molecule has 0 aromatic carbocycles. The quantitative estimate of drug-likeness (QED) is 0.132. The Morgan fingerprint density at radius 2 is 1.11 bits per heavy atom. The van der Waals surface area contributed by atoms with Crippen LogP contribution in [0, 0.1) is 0 Å². The van der Waals surface area contributed by atoms with Gasteiger partial charge in [0.15, 0.2) is 35.4 Å². The number of rotatable bonds is 2. The van der Waals surface area contributed by atoms with Crippen LogP contribution < -0.4 is 11.5 Å². The lowest BCUT2D eigenvalue weighted by molar-refractivity contribution is -0.0664. The molecule has 0 spiro atoms. The molecule has 0 amide bonds. The van der Waals surface area contributed by atoms with E-state index in [0.717, 1.165) is 12.7 Å². The molecule has 8 N–H and O–H groups in total. The highest BCUT2D eigenvalue weighted by atomic mass is 31.2. The average molecular weight is 658 g/mol. The van der Waals surface area contributed by atoms with Crippen LogP contribution in [0.5, 0.6) is 0 Å². The van der Waals surface area contributed by atoms with Crippen LogP contribution in [0.3, 0.4) is 0 Å². The maximum absolute atomic E-state index is 13.1. The number of ether oxygens (including phenoxy) is 2. The van der Waals surface area contributed by atoms with Crippen LogP contribution in [0.1, 0.15) is 12.5 Å². The van der Waals surface area contributed by atoms with Crippen LogP contribution in [0.4, 0.5) is 11.6 Å². The zero-order valence-electron chi connectivity index (χ0n) is 22.0. The molecule has 44 heavy (non-hydrogen) atoms. The Balaban J connectivity index is 1.17. The molecule has 24 heteroatoms. The van der Waals surface area contributed by atoms with Gasteiger partial charge in [-0.1, -0.05) is 0 Å². The van der Waals surface area contributed by atoms with Crippen LogP contribution in [0.15, 0.2) is 25.3 Å². The summed E-state index contributed by atoms with van der Waals surface area (Å²) in [6, 6.07) is 0. The first kappa shape index (κ1) is 29.5. The monoisotopic (exact) mass is 658 g/mol. The van der Waals surface area contributed by atoms with E-state index in [1.807, 2.05) is 0 Å². The molecule has 0 radical (unpaired) electrons. The summed E-state index contributed by atoms with van der Waals surface area (Å²) in [5.41, 5.74) is 12.4. The largest absolute Gasteiger partial charge is 0.472 e. The smallest absolute Gasteiger partial charge is 0.386 e. The molecule has 0 bridgehead atoms. The Morgan fingerprint density at radius 1 is 0.705 bits per heavy atom. The minimum atomic E-state index is -5.00. The molecule has 236 valence electrons. The van der Waals surface area contributed by atoms with Crippen molar-refractivity contribution < 1.29 is 56.7 Å². The number of aliphatic hydroxyl groups is 2. The van der Waals surface area contributed by atoms with Crippen molar-refractivity contribution in [2.24, 2.45) is 0 Å². The number of imidazole rings is 2. The van der Waals surface area contributed by atoms with E-state index in [9.17, 15) is 29.1 Å². The molecule has 4 aromatic heterocycles. The zero-order chi connectivity index (χ0) is 31.0. The maximum Gasteiger partial charge on any atom is 0.472 e. The number of anilines is 2. The van der Waals surface area contributed by atoms with Crippen LogP contribution in [-0.4, -0.2) is 109 Å². The first-order valence-corrected chi connectivity index (χ1v) is 15.8. The van der Waals surface area contributed by atoms with E-state index < -0.39 is 77.9 Å². The molecule has 22 nitrogen and oxygen atoms in total. The molecule has 10 atom stereocenters. The van der Waals surface area contributed by atoms with Crippen molar-refractivity contribution in [1.29, 1.82) is 0 Å². The highest BCUT2D eigenvalue weighted by molar-refractivity contribution is 7.47. The number of nitrogens with two attached hydrogens (primary N) is 2. The molecule has 0 saturated carbocycles. The van der Waals surface area contributed by atoms with Crippen molar-refractivity contribution in [1.82, 2.24) is 39.0 Å². The van der Waals surface area contributed by atoms with E-state index >= 15 is 0 Å². The summed E-state index contributed by atoms with van der Waals surface area (Å²) in [6.45, 7) is -1.56. The normalized spacial score (nSPS) is 38.3. The van der Waals surface area contributed by atoms with Crippen molar-refractivity contribution in [2.75, 3.05) is 24.7 Å². The Labute approximate surface area is 244 Å². The van der Waals surface area contributed by atoms with Crippen molar-refractivity contribution in [3.05, 3.63) is 25.3 Å². The van der Waals surface area contributed by atoms with E-state index in [4.69, 9.17) is 39.0 Å². The molecule has 7 heterocycles. The van der Waals surface area contributed by atoms with Crippen LogP contribution in [0.25, 0.3) is 22.3 Å². The molecular weight excluding hydrogens is 634 g/mol. The Bertz CT molecular complexity index is 1690. The third-order valence-corrected chi connectivity index (χ3v) is 9.23. The fourth-order valence-corrected chi connectivity index (χ4v) is 7.17. The highest BCUT2D eigenvalue weighted by Crippen LogP contribution is 2.53. The number of aromatic nitrogens is 8. The minimum Gasteiger partial charge on any atom is -0.386 e. The second-order valence-electron chi connectivity index (χ2n) is 9.95. The van der Waals surface area contributed by atoms with Crippen LogP contribution in [0.2, 0.25) is 0 Å². The summed E-state index contributed by atoms with van der Waals surface area (Å²) in [5.74, 6) is 0.101. The first-order valence-electron chi connectivity index (χ1n) is 12.8. The first-order chi connectivity index (χ1) is 20.9. The van der Waals surface area contributed by atoms with E-state index in [1.165, 1.54) is 21.8 Å². The Morgan fingerprint density at radius 3 is 1.52 bits per heavy atom. The molecule has 3 aliphatic heterocycles. The van der Waals surface area contributed by atoms with Gasteiger partial charge in [0.05, 0.1) is 25.9 Å². The molecule has 4 aromatic rings. The standard InChI is InChI=1S/C20H24N10O12P2/c21-15-9-17(25-3-23-15)29(5-27-9)19-11(31)13-7(39-19)1-37-43(33,34)42-14-8(2-38-44(35,36)41-13)40-20(12(14)32)30-6-28-10-16(22)24-4-26-18(10)30/h3-8,11-14,19-20,31-32H,1-2H2,(H,33,34)(H,35,36)(H2,21,23,25)(H2,22,24,26)/t7-,8-,11+,12+,13-,14-,19-,20-/m1/s1. The predicted molar refractivity (Wildman–Crippen MR) is 141 cm³/mol. The average Bonchev–Trinajstić information content (AvgIpc) is 3.73. The van der Waals surface area contributed by atoms with Crippen molar-refractivity contribution in [3.8, 4) is 0 Å². The summed E-state index contributed by atoms with van der Waals surface area (Å²) in [4.78, 5) is 45.3. The number of phosphoric acid groups is 2. The van der Waals surface area contributed by atoms with Crippen LogP contribution in [-0.2, 0) is 36.7 Å². The second kappa shape index (κ2) is 10.7. The van der Waals surface area contributed by atoms with Gasteiger partial charge in [-0.2, -0.15) is 0 Å². The van der Waals surface area contributed by atoms with Crippen molar-refractivity contribution in [2.45, 2.75) is 49.1 Å². The van der Waals surface area contributed by atoms with Crippen molar-refractivity contribution in [3.63, 3.8) is 0 Å². The van der Waals surface area contributed by atoms with Gasteiger partial charge < -0.3 is 40.9 Å². The zero-order valence-corrected chi connectivity index (χ0v) is 23.8. The van der Waals surface area contributed by atoms with Gasteiger partial charge >= 0.3 is 15.6 Å². The number of hydrogen-bond donors (Lipinski definition) is 6. The summed E-state index contributed by atoms with van der Waals surface area (Å²) >= 11 is 0. The van der Waals surface area contributed by atoms with Crippen LogP contribution >= 0.6 is 15.6 Å². The van der Waals surface area contributed by atoms with Gasteiger partial charge in [-0.15, -0.1) is 0 Å². The number of nitrogens with zero attached hydrogens (tertiary/aromatic N) is 8. The number of nitrogen functional groups attached to an aromatic ring is 2. The predicted octanol–water partition coefficient (Wildman–Crippen LogP) is -1.63. The molecule has 2 unspecified atom stereocenters. The van der Waals surface area contributed by atoms with Gasteiger partial charge in [-0.05, 0) is 0 Å². The van der Waals surface area contributed by atoms with Gasteiger partial charge in [0.1, 0.15) is 60.3 Å². The molecule has 0 aliphatic carbocycles. The Hall–Kier alpha value is -3.24. The molecular formula is C20H24N10O12P2. The van der Waals surface area contributed by atoms with Gasteiger partial charge in [0.2, 0.25) is 0 Å². The van der Waals surface area contributed by atoms with E-state index in [-0.39, 0.29) is 34.0 Å². The number of phosphoric ester groups is 2. The molecule has 7 rings (SSSR count). The lowest BCUT2D eigenvalue weighted by atomic mass is 10.1. The third kappa shape index (κ3) is 5.04. The van der Waals surface area contributed by atoms with Gasteiger partial charge in [-0.3, -0.25) is 27.2 Å². The summed E-state index contributed by atoms with van der Waals surface area (Å²) in [6.07, 6.45) is -7.30. The summed E-state index contributed by atoms with van der Waals surface area (Å²) in [7, 11) is -10.0. The van der Waals surface area contributed by atoms with Gasteiger partial charge in [0.25, 0.3) is 0 Å². The summed E-state index contributed by atoms with van der Waals surface area (Å²) in [5, 5.41) is 22.2. The number of hydrogen-bond acceptors (Lipinski definition) is 18. The second-order valence-corrected chi connectivity index (χ2v) is 12.8.